The molecule has 0 aromatic rings. The van der Waals surface area contributed by atoms with Crippen molar-refractivity contribution in [1.29, 1.82) is 0 Å². The number of thioether (sulfide) groups is 1. The van der Waals surface area contributed by atoms with Gasteiger partial charge in [0.05, 0.1) is 2.74 Å². The first-order chi connectivity index (χ1) is 4.77. The molecule has 1 aliphatic heterocycles. The molecule has 0 saturated heterocycles. The lowest BCUT2D eigenvalue weighted by molar-refractivity contribution is 1.70. The minimum Gasteiger partial charge on any atom is -0.121 e. The lowest BCUT2D eigenvalue weighted by atomic mass is 10.3. The quantitative estimate of drug-likeness (QED) is 0.476. The summed E-state index contributed by atoms with van der Waals surface area (Å²) in [6, 6.07) is 1.19. The standard InChI is InChI=1S/C7H6S/c1-2-6-4-5-8-7(6)3-1/h1-4H,5H2/i1D,4D. The Hall–Kier alpha value is -0.430. The van der Waals surface area contributed by atoms with Gasteiger partial charge >= 0.3 is 0 Å². The minimum atomic E-state index is 0.530. The molecule has 1 heterocycles. The smallest absolute Gasteiger partial charge is 0.0623 e. The van der Waals surface area contributed by atoms with E-state index in [1.807, 2.05) is 6.08 Å². The Bertz CT molecular complexity index is 273. The molecular formula is C7H6S. The monoisotopic (exact) mass is 124 g/mol. The van der Waals surface area contributed by atoms with Crippen molar-refractivity contribution in [3.63, 3.8) is 0 Å². The third-order valence-corrected chi connectivity index (χ3v) is 2.14. The zero-order valence-electron chi connectivity index (χ0n) is 6.27. The van der Waals surface area contributed by atoms with E-state index in [9.17, 15) is 0 Å². The topological polar surface area (TPSA) is 0 Å². The first kappa shape index (κ1) is 2.92. The van der Waals surface area contributed by atoms with E-state index in [0.29, 0.717) is 12.1 Å². The predicted molar refractivity (Wildman–Crippen MR) is 37.8 cm³/mol. The lowest BCUT2D eigenvalue weighted by Gasteiger charge is -1.87. The molecule has 8 heavy (non-hydrogen) atoms. The summed E-state index contributed by atoms with van der Waals surface area (Å²) in [6.07, 6.45) is 3.58. The van der Waals surface area contributed by atoms with Crippen LogP contribution in [-0.4, -0.2) is 5.75 Å². The van der Waals surface area contributed by atoms with Gasteiger partial charge < -0.3 is 0 Å². The highest BCUT2D eigenvalue weighted by atomic mass is 32.2. The van der Waals surface area contributed by atoms with Crippen LogP contribution in [0.5, 0.6) is 0 Å². The number of rotatable bonds is 0. The molecule has 0 nitrogen and oxygen atoms in total. The molecule has 0 fully saturated rings. The second-order valence-electron chi connectivity index (χ2n) is 1.70. The number of fused-ring (bicyclic) bond motifs is 1. The molecule has 0 radical (unpaired) electrons. The summed E-state index contributed by atoms with van der Waals surface area (Å²) in [4.78, 5) is 1.11. The third kappa shape index (κ3) is 0.480. The van der Waals surface area contributed by atoms with Crippen LogP contribution in [0, 0.1) is 0 Å². The van der Waals surface area contributed by atoms with Gasteiger partial charge in [0.1, 0.15) is 0 Å². The van der Waals surface area contributed by atoms with Gasteiger partial charge in [-0.05, 0) is 11.6 Å². The second kappa shape index (κ2) is 1.52. The summed E-state index contributed by atoms with van der Waals surface area (Å²) in [5.41, 5.74) is 0.968. The van der Waals surface area contributed by atoms with Crippen molar-refractivity contribution in [2.45, 2.75) is 0 Å². The molecule has 0 bridgehead atoms. The van der Waals surface area contributed by atoms with E-state index in [-0.39, 0.29) is 0 Å². The minimum absolute atomic E-state index is 0.530. The van der Waals surface area contributed by atoms with Crippen molar-refractivity contribution in [3.8, 4) is 0 Å². The van der Waals surface area contributed by atoms with Crippen LogP contribution >= 0.6 is 11.8 Å². The molecule has 1 aliphatic carbocycles. The van der Waals surface area contributed by atoms with Crippen molar-refractivity contribution < 1.29 is 2.74 Å². The van der Waals surface area contributed by atoms with Crippen LogP contribution in [0.15, 0.2) is 34.7 Å². The van der Waals surface area contributed by atoms with Crippen LogP contribution in [0.3, 0.4) is 0 Å². The van der Waals surface area contributed by atoms with Gasteiger partial charge in [0.2, 0.25) is 0 Å². The van der Waals surface area contributed by atoms with Crippen LogP contribution in [-0.2, 0) is 0 Å². The molecule has 0 spiro atoms. The van der Waals surface area contributed by atoms with Crippen molar-refractivity contribution in [2.75, 3.05) is 5.75 Å². The third-order valence-electron chi connectivity index (χ3n) is 1.20. The first-order valence-electron chi connectivity index (χ1n) is 3.50. The predicted octanol–water partition coefficient (Wildman–Crippen LogP) is 2.11. The zero-order chi connectivity index (χ0) is 7.14. The van der Waals surface area contributed by atoms with Crippen molar-refractivity contribution >= 4 is 11.8 Å². The van der Waals surface area contributed by atoms with E-state index in [0.717, 1.165) is 16.2 Å². The van der Waals surface area contributed by atoms with Gasteiger partial charge in [-0.2, -0.15) is 0 Å². The molecule has 0 aromatic heterocycles. The molecule has 0 saturated carbocycles. The number of hydrogen-bond donors (Lipinski definition) is 0. The van der Waals surface area contributed by atoms with Crippen molar-refractivity contribution in [3.05, 3.63) is 34.7 Å². The molecule has 0 N–H and O–H groups in total. The molecule has 0 amide bonds. The highest BCUT2D eigenvalue weighted by molar-refractivity contribution is 8.03. The molecule has 2 aliphatic rings. The summed E-state index contributed by atoms with van der Waals surface area (Å²) in [6.45, 7) is 0. The highest BCUT2D eigenvalue weighted by Gasteiger charge is 2.10. The van der Waals surface area contributed by atoms with E-state index in [4.69, 9.17) is 2.74 Å². The summed E-state index contributed by atoms with van der Waals surface area (Å²) in [5.74, 6) is 0.783. The van der Waals surface area contributed by atoms with Crippen LogP contribution in [0.25, 0.3) is 0 Å². The van der Waals surface area contributed by atoms with Crippen LogP contribution in [0.4, 0.5) is 0 Å². The van der Waals surface area contributed by atoms with E-state index in [1.165, 1.54) is 0 Å². The van der Waals surface area contributed by atoms with E-state index < -0.39 is 0 Å². The average molecular weight is 124 g/mol. The Kier molecular flexibility index (Phi) is 0.557. The Morgan fingerprint density at radius 1 is 1.75 bits per heavy atom. The first-order valence-corrected chi connectivity index (χ1v) is 3.49. The Morgan fingerprint density at radius 3 is 3.62 bits per heavy atom. The fourth-order valence-corrected chi connectivity index (χ4v) is 1.62. The van der Waals surface area contributed by atoms with E-state index >= 15 is 0 Å². The highest BCUT2D eigenvalue weighted by Crippen LogP contribution is 2.34. The van der Waals surface area contributed by atoms with Crippen LogP contribution in [0.1, 0.15) is 2.74 Å². The van der Waals surface area contributed by atoms with Crippen molar-refractivity contribution in [2.24, 2.45) is 0 Å². The summed E-state index contributed by atoms with van der Waals surface area (Å²) in [7, 11) is 0. The molecule has 0 unspecified atom stereocenters. The zero-order valence-corrected chi connectivity index (χ0v) is 5.09. The molecule has 0 aromatic carbocycles. The largest absolute Gasteiger partial charge is 0.121 e. The second-order valence-corrected chi connectivity index (χ2v) is 2.72. The van der Waals surface area contributed by atoms with E-state index in [2.05, 4.69) is 0 Å². The van der Waals surface area contributed by atoms with Gasteiger partial charge in [-0.1, -0.05) is 18.2 Å². The maximum Gasteiger partial charge on any atom is 0.0623 e. The number of allylic oxidation sites excluding steroid dienone is 4. The van der Waals surface area contributed by atoms with Gasteiger partial charge in [-0.15, -0.1) is 11.8 Å². The van der Waals surface area contributed by atoms with Gasteiger partial charge in [0.25, 0.3) is 0 Å². The normalized spacial score (nSPS) is 29.0. The molecule has 1 heteroatoms. The SMILES string of the molecule is [2H]C1=CC2=C([2H])CSC2=C1. The van der Waals surface area contributed by atoms with Gasteiger partial charge in [-0.25, -0.2) is 0 Å². The van der Waals surface area contributed by atoms with Gasteiger partial charge in [0, 0.05) is 10.7 Å². The molecule has 0 atom stereocenters. The Morgan fingerprint density at radius 2 is 2.75 bits per heavy atom. The van der Waals surface area contributed by atoms with Gasteiger partial charge in [-0.3, -0.25) is 0 Å². The van der Waals surface area contributed by atoms with Gasteiger partial charge in [0.15, 0.2) is 0 Å². The lowest BCUT2D eigenvalue weighted by Crippen LogP contribution is -1.63. The molecular weight excluding hydrogens is 116 g/mol. The van der Waals surface area contributed by atoms with Crippen LogP contribution in [0.2, 0.25) is 0 Å². The maximum absolute atomic E-state index is 7.44. The molecule has 2 rings (SSSR count). The number of hydrogen-bond acceptors (Lipinski definition) is 1. The van der Waals surface area contributed by atoms with Crippen molar-refractivity contribution in [1.82, 2.24) is 0 Å². The van der Waals surface area contributed by atoms with E-state index in [1.54, 1.807) is 17.8 Å². The Balaban J connectivity index is 2.51. The molecule has 40 valence electrons. The maximum atomic E-state index is 7.44. The summed E-state index contributed by atoms with van der Waals surface area (Å²) in [5, 5.41) is 0. The fourth-order valence-electron chi connectivity index (χ4n) is 0.799. The fraction of sp³-hybridized carbons (Fsp3) is 0.143. The average Bonchev–Trinajstić information content (AvgIpc) is 2.35. The van der Waals surface area contributed by atoms with Crippen LogP contribution < -0.4 is 0 Å². The Labute approximate surface area is 55.8 Å². The summed E-state index contributed by atoms with van der Waals surface area (Å²) >= 11 is 1.65. The summed E-state index contributed by atoms with van der Waals surface area (Å²) < 4.78 is 14.7.